The van der Waals surface area contributed by atoms with Crippen molar-refractivity contribution in [2.45, 2.75) is 32.8 Å². The van der Waals surface area contributed by atoms with Crippen molar-refractivity contribution < 1.29 is 27.5 Å². The molecule has 2 aromatic heterocycles. The molecule has 2 aromatic rings. The molecule has 2 N–H and O–H groups in total. The van der Waals surface area contributed by atoms with Gasteiger partial charge in [-0.1, -0.05) is 11.6 Å². The molecule has 192 valence electrons. The fourth-order valence-electron chi connectivity index (χ4n) is 3.60. The molecule has 12 nitrogen and oxygen atoms in total. The third-order valence-corrected chi connectivity index (χ3v) is 5.40. The van der Waals surface area contributed by atoms with Gasteiger partial charge < -0.3 is 24.8 Å². The Morgan fingerprint density at radius 2 is 1.86 bits per heavy atom. The molecule has 1 fully saturated rings. The van der Waals surface area contributed by atoms with E-state index in [0.29, 0.717) is 32.1 Å². The Hall–Kier alpha value is -3.62. The van der Waals surface area contributed by atoms with Crippen LogP contribution in [0.2, 0.25) is 0 Å². The summed E-state index contributed by atoms with van der Waals surface area (Å²) in [7, 11) is 2.32. The monoisotopic (exact) mass is 501 g/mol. The molecule has 1 amide bonds. The summed E-state index contributed by atoms with van der Waals surface area (Å²) in [6.07, 6.45) is -6.13. The number of rotatable bonds is 6. The van der Waals surface area contributed by atoms with Gasteiger partial charge in [0.1, 0.15) is 0 Å². The number of hydrogen-bond donors (Lipinski definition) is 2. The lowest BCUT2D eigenvalue weighted by Gasteiger charge is -2.28. The van der Waals surface area contributed by atoms with Gasteiger partial charge in [0, 0.05) is 46.8 Å². The van der Waals surface area contributed by atoms with Gasteiger partial charge in [0.2, 0.25) is 5.95 Å². The van der Waals surface area contributed by atoms with Gasteiger partial charge in [-0.25, -0.2) is 14.2 Å². The Morgan fingerprint density at radius 1 is 1.23 bits per heavy atom. The van der Waals surface area contributed by atoms with E-state index < -0.39 is 35.5 Å². The molecule has 15 heteroatoms. The highest BCUT2D eigenvalue weighted by Gasteiger charge is 2.44. The second-order valence-electron chi connectivity index (χ2n) is 8.10. The summed E-state index contributed by atoms with van der Waals surface area (Å²) in [5, 5.41) is 5.21. The van der Waals surface area contributed by atoms with E-state index >= 15 is 0 Å². The van der Waals surface area contributed by atoms with Gasteiger partial charge >= 0.3 is 17.8 Å². The Kier molecular flexibility index (Phi) is 7.38. The number of imidazole rings is 1. The summed E-state index contributed by atoms with van der Waals surface area (Å²) in [4.78, 5) is 56.9. The second-order valence-corrected chi connectivity index (χ2v) is 8.10. The highest BCUT2D eigenvalue weighted by atomic mass is 19.4. The fraction of sp³-hybridized carbons (Fsp3) is 0.550. The van der Waals surface area contributed by atoms with Gasteiger partial charge in [0.05, 0.1) is 0 Å². The largest absolute Gasteiger partial charge is 0.491 e. The standard InChI is InChI=1S/C20H26F3N7O5/c1-11(2)5-8-29-12-13(26-18(29)28-9-6-25-7-10-28)27(4)19(34)30(15(12)32)16(14(31)24-3)35-17(33)20(21,22)23/h5,16,25H,6-10H2,1-4H3,(H,24,31). The lowest BCUT2D eigenvalue weighted by molar-refractivity contribution is -0.209. The van der Waals surface area contributed by atoms with Gasteiger partial charge in [-0.05, 0) is 13.8 Å². The highest BCUT2D eigenvalue weighted by molar-refractivity contribution is 5.84. The molecule has 0 bridgehead atoms. The summed E-state index contributed by atoms with van der Waals surface area (Å²) >= 11 is 0. The summed E-state index contributed by atoms with van der Waals surface area (Å²) < 4.78 is 45.5. The molecule has 0 radical (unpaired) electrons. The minimum Gasteiger partial charge on any atom is -0.424 e. The minimum absolute atomic E-state index is 0.0234. The van der Waals surface area contributed by atoms with Crippen molar-refractivity contribution in [3.05, 3.63) is 32.5 Å². The first-order valence-corrected chi connectivity index (χ1v) is 10.7. The van der Waals surface area contributed by atoms with Crippen LogP contribution in [-0.2, 0) is 27.9 Å². The van der Waals surface area contributed by atoms with Crippen LogP contribution in [0.1, 0.15) is 20.1 Å². The number of aryl methyl sites for hydroxylation is 1. The van der Waals surface area contributed by atoms with Crippen LogP contribution in [0, 0.1) is 0 Å². The first kappa shape index (κ1) is 26.0. The lowest BCUT2D eigenvalue weighted by Crippen LogP contribution is -2.49. The van der Waals surface area contributed by atoms with Crippen molar-refractivity contribution in [1.29, 1.82) is 0 Å². The molecule has 0 spiro atoms. The summed E-state index contributed by atoms with van der Waals surface area (Å²) in [5.41, 5.74) is -1.53. The maximum Gasteiger partial charge on any atom is 0.491 e. The first-order valence-electron chi connectivity index (χ1n) is 10.7. The third-order valence-electron chi connectivity index (χ3n) is 5.40. The normalized spacial score (nSPS) is 15.1. The van der Waals surface area contributed by atoms with E-state index in [1.165, 1.54) is 11.6 Å². The maximum atomic E-state index is 13.5. The van der Waals surface area contributed by atoms with Gasteiger partial charge in [-0.2, -0.15) is 18.2 Å². The zero-order chi connectivity index (χ0) is 26.1. The summed E-state index contributed by atoms with van der Waals surface area (Å²) in [6, 6.07) is 0. The molecule has 1 saturated heterocycles. The van der Waals surface area contributed by atoms with Crippen LogP contribution in [0.15, 0.2) is 21.2 Å². The molecule has 1 aliphatic rings. The molecule has 0 aliphatic carbocycles. The average molecular weight is 501 g/mol. The zero-order valence-corrected chi connectivity index (χ0v) is 19.6. The SMILES string of the molecule is CNC(=O)C(OC(=O)C(F)(F)F)n1c(=O)c2c(nc(N3CCNCC3)n2CC=C(C)C)n(C)c1=O. The quantitative estimate of drug-likeness (QED) is 0.405. The van der Waals surface area contributed by atoms with Gasteiger partial charge in [0.25, 0.3) is 17.7 Å². The van der Waals surface area contributed by atoms with Gasteiger partial charge in [-0.15, -0.1) is 0 Å². The molecule has 1 unspecified atom stereocenters. The maximum absolute atomic E-state index is 13.5. The van der Waals surface area contributed by atoms with Crippen LogP contribution in [0.4, 0.5) is 19.1 Å². The minimum atomic E-state index is -5.45. The number of anilines is 1. The van der Waals surface area contributed by atoms with Crippen LogP contribution in [-0.4, -0.2) is 70.0 Å². The van der Waals surface area contributed by atoms with Crippen molar-refractivity contribution in [3.8, 4) is 0 Å². The fourth-order valence-corrected chi connectivity index (χ4v) is 3.60. The van der Waals surface area contributed by atoms with Crippen molar-refractivity contribution in [1.82, 2.24) is 29.3 Å². The molecular weight excluding hydrogens is 475 g/mol. The van der Waals surface area contributed by atoms with Crippen LogP contribution >= 0.6 is 0 Å². The van der Waals surface area contributed by atoms with E-state index in [1.54, 1.807) is 0 Å². The van der Waals surface area contributed by atoms with Crippen LogP contribution in [0.5, 0.6) is 0 Å². The predicted molar refractivity (Wildman–Crippen MR) is 119 cm³/mol. The number of nitrogens with zero attached hydrogens (tertiary/aromatic N) is 5. The number of carbonyl (C=O) groups excluding carboxylic acids is 2. The molecule has 1 atom stereocenters. The molecular formula is C20H26F3N7O5. The molecule has 3 heterocycles. The number of aromatic nitrogens is 4. The summed E-state index contributed by atoms with van der Waals surface area (Å²) in [6.45, 7) is 6.28. The lowest BCUT2D eigenvalue weighted by atomic mass is 10.3. The number of amides is 1. The molecule has 35 heavy (non-hydrogen) atoms. The Balaban J connectivity index is 2.32. The number of esters is 1. The van der Waals surface area contributed by atoms with Crippen LogP contribution in [0.25, 0.3) is 11.2 Å². The van der Waals surface area contributed by atoms with Crippen LogP contribution < -0.4 is 26.8 Å². The zero-order valence-electron chi connectivity index (χ0n) is 19.6. The topological polar surface area (TPSA) is 132 Å². The number of fused-ring (bicyclic) bond motifs is 1. The Labute approximate surface area is 197 Å². The number of likely N-dealkylation sites (N-methyl/N-ethyl adjacent to an activating group) is 1. The third kappa shape index (κ3) is 5.08. The van der Waals surface area contributed by atoms with E-state index in [2.05, 4.69) is 15.0 Å². The van der Waals surface area contributed by atoms with Crippen molar-refractivity contribution in [2.75, 3.05) is 38.1 Å². The number of hydrogen-bond acceptors (Lipinski definition) is 8. The molecule has 0 aromatic carbocycles. The molecule has 3 rings (SSSR count). The van der Waals surface area contributed by atoms with E-state index in [1.807, 2.05) is 30.1 Å². The predicted octanol–water partition coefficient (Wildman–Crippen LogP) is -0.377. The molecule has 1 aliphatic heterocycles. The number of carbonyl (C=O) groups is 2. The van der Waals surface area contributed by atoms with E-state index in [-0.39, 0.29) is 22.3 Å². The number of allylic oxidation sites excluding steroid dienone is 2. The number of piperazine rings is 1. The smallest absolute Gasteiger partial charge is 0.424 e. The van der Waals surface area contributed by atoms with Crippen LogP contribution in [0.3, 0.4) is 0 Å². The van der Waals surface area contributed by atoms with E-state index in [0.717, 1.165) is 17.2 Å². The van der Waals surface area contributed by atoms with E-state index in [4.69, 9.17) is 0 Å². The van der Waals surface area contributed by atoms with Crippen molar-refractivity contribution >= 4 is 29.0 Å². The average Bonchev–Trinajstić information content (AvgIpc) is 3.20. The number of ether oxygens (including phenoxy) is 1. The van der Waals surface area contributed by atoms with Crippen molar-refractivity contribution in [2.24, 2.45) is 7.05 Å². The Morgan fingerprint density at radius 3 is 2.40 bits per heavy atom. The second kappa shape index (κ2) is 9.93. The number of alkyl halides is 3. The number of halogens is 3. The van der Waals surface area contributed by atoms with E-state index in [9.17, 15) is 32.3 Å². The number of nitrogens with one attached hydrogen (secondary N) is 2. The molecule has 0 saturated carbocycles. The first-order chi connectivity index (χ1) is 16.4. The van der Waals surface area contributed by atoms with Crippen molar-refractivity contribution in [3.63, 3.8) is 0 Å². The highest BCUT2D eigenvalue weighted by Crippen LogP contribution is 2.23. The van der Waals surface area contributed by atoms with Gasteiger partial charge in [-0.3, -0.25) is 14.2 Å². The Bertz CT molecular complexity index is 1280. The van der Waals surface area contributed by atoms with Gasteiger partial charge in [0.15, 0.2) is 11.2 Å². The summed E-state index contributed by atoms with van der Waals surface area (Å²) in [5.74, 6) is -3.63.